The molecule has 0 aromatic heterocycles. The van der Waals surface area contributed by atoms with Crippen molar-refractivity contribution in [3.8, 4) is 11.1 Å². The zero-order valence-electron chi connectivity index (χ0n) is 14.1. The third kappa shape index (κ3) is 2.87. The first kappa shape index (κ1) is 14.8. The smallest absolute Gasteiger partial charge is 0.00548 e. The highest BCUT2D eigenvalue weighted by Gasteiger charge is 2.24. The van der Waals surface area contributed by atoms with E-state index < -0.39 is 0 Å². The molecule has 0 radical (unpaired) electrons. The third-order valence-corrected chi connectivity index (χ3v) is 5.60. The molecule has 0 amide bonds. The topological polar surface area (TPSA) is 0 Å². The lowest BCUT2D eigenvalue weighted by Crippen LogP contribution is -1.97. The van der Waals surface area contributed by atoms with Gasteiger partial charge in [-0.05, 0) is 59.4 Å². The Hall–Kier alpha value is -1.82. The number of aryl methyl sites for hydroxylation is 1. The summed E-state index contributed by atoms with van der Waals surface area (Å²) in [5.74, 6) is 0.849. The van der Waals surface area contributed by atoms with Crippen molar-refractivity contribution in [2.24, 2.45) is 5.92 Å². The van der Waals surface area contributed by atoms with E-state index in [9.17, 15) is 0 Å². The van der Waals surface area contributed by atoms with Crippen LogP contribution in [0.15, 0.2) is 48.0 Å². The summed E-state index contributed by atoms with van der Waals surface area (Å²) in [6, 6.07) is 16.1. The predicted octanol–water partition coefficient (Wildman–Crippen LogP) is 6.44. The molecule has 118 valence electrons. The average Bonchev–Trinajstić information content (AvgIpc) is 3.24. The van der Waals surface area contributed by atoms with Crippen LogP contribution in [0.1, 0.15) is 55.7 Å². The first-order valence-corrected chi connectivity index (χ1v) is 9.27. The van der Waals surface area contributed by atoms with E-state index >= 15 is 0 Å². The lowest BCUT2D eigenvalue weighted by atomic mass is 9.95. The lowest BCUT2D eigenvalue weighted by molar-refractivity contribution is 0.634. The zero-order chi connectivity index (χ0) is 15.6. The van der Waals surface area contributed by atoms with Gasteiger partial charge in [-0.3, -0.25) is 0 Å². The van der Waals surface area contributed by atoms with Crippen molar-refractivity contribution in [2.45, 2.75) is 51.9 Å². The lowest BCUT2D eigenvalue weighted by Gasteiger charge is -2.09. The van der Waals surface area contributed by atoms with Gasteiger partial charge in [0.15, 0.2) is 0 Å². The van der Waals surface area contributed by atoms with Crippen molar-refractivity contribution in [3.05, 3.63) is 64.7 Å². The molecule has 2 aromatic carbocycles. The third-order valence-electron chi connectivity index (χ3n) is 5.60. The maximum atomic E-state index is 2.51. The summed E-state index contributed by atoms with van der Waals surface area (Å²) in [5.41, 5.74) is 8.93. The Morgan fingerprint density at radius 2 is 1.74 bits per heavy atom. The molecule has 2 aromatic rings. The minimum Gasteiger partial charge on any atom is -0.0651 e. The molecule has 0 spiro atoms. The van der Waals surface area contributed by atoms with Gasteiger partial charge in [-0.15, -0.1) is 0 Å². The standard InChI is InChI=1S/C23H26/c1-2-6-17-11-13-19(14-12-17)22-10-5-9-20-15-21(16-23(20)22)18-7-3-4-8-18/h5,9-14,16,18H,2-4,6-8,15H2,1H3. The van der Waals surface area contributed by atoms with Crippen molar-refractivity contribution < 1.29 is 0 Å². The first-order valence-electron chi connectivity index (χ1n) is 9.27. The number of fused-ring (bicyclic) bond motifs is 1. The van der Waals surface area contributed by atoms with E-state index in [1.165, 1.54) is 72.8 Å². The quantitative estimate of drug-likeness (QED) is 0.610. The highest BCUT2D eigenvalue weighted by Crippen LogP contribution is 2.41. The Morgan fingerprint density at radius 3 is 2.48 bits per heavy atom. The van der Waals surface area contributed by atoms with E-state index in [1.54, 1.807) is 5.57 Å². The van der Waals surface area contributed by atoms with Crippen LogP contribution in [-0.4, -0.2) is 0 Å². The molecule has 4 rings (SSSR count). The van der Waals surface area contributed by atoms with Crippen molar-refractivity contribution in [1.29, 1.82) is 0 Å². The van der Waals surface area contributed by atoms with Crippen LogP contribution in [0, 0.1) is 5.92 Å². The van der Waals surface area contributed by atoms with E-state index in [0.29, 0.717) is 0 Å². The van der Waals surface area contributed by atoms with Crippen LogP contribution in [0.4, 0.5) is 0 Å². The summed E-state index contributed by atoms with van der Waals surface area (Å²) in [7, 11) is 0. The summed E-state index contributed by atoms with van der Waals surface area (Å²) in [4.78, 5) is 0. The highest BCUT2D eigenvalue weighted by atomic mass is 14.3. The van der Waals surface area contributed by atoms with Crippen molar-refractivity contribution in [2.75, 3.05) is 0 Å². The molecule has 23 heavy (non-hydrogen) atoms. The number of rotatable bonds is 4. The zero-order valence-corrected chi connectivity index (χ0v) is 14.1. The highest BCUT2D eigenvalue weighted by molar-refractivity contribution is 5.81. The fraction of sp³-hybridized carbons (Fsp3) is 0.391. The number of hydrogen-bond donors (Lipinski definition) is 0. The maximum absolute atomic E-state index is 2.51. The van der Waals surface area contributed by atoms with Crippen molar-refractivity contribution in [3.63, 3.8) is 0 Å². The second-order valence-electron chi connectivity index (χ2n) is 7.20. The summed E-state index contributed by atoms with van der Waals surface area (Å²) in [6.45, 7) is 2.24. The minimum absolute atomic E-state index is 0.849. The molecule has 0 bridgehead atoms. The van der Waals surface area contributed by atoms with Crippen LogP contribution in [-0.2, 0) is 12.8 Å². The van der Waals surface area contributed by atoms with E-state index in [4.69, 9.17) is 0 Å². The van der Waals surface area contributed by atoms with Gasteiger partial charge in [-0.2, -0.15) is 0 Å². The van der Waals surface area contributed by atoms with Crippen molar-refractivity contribution in [1.82, 2.24) is 0 Å². The Balaban J connectivity index is 1.67. The van der Waals surface area contributed by atoms with Crippen LogP contribution in [0.3, 0.4) is 0 Å². The largest absolute Gasteiger partial charge is 0.0651 e. The van der Waals surface area contributed by atoms with Gasteiger partial charge in [0.2, 0.25) is 0 Å². The minimum atomic E-state index is 0.849. The molecule has 0 heteroatoms. The van der Waals surface area contributed by atoms with E-state index in [0.717, 1.165) is 5.92 Å². The molecule has 1 saturated carbocycles. The Labute approximate surface area is 140 Å². The summed E-state index contributed by atoms with van der Waals surface area (Å²) in [5, 5.41) is 0. The predicted molar refractivity (Wildman–Crippen MR) is 99.5 cm³/mol. The average molecular weight is 302 g/mol. The molecule has 0 unspecified atom stereocenters. The van der Waals surface area contributed by atoms with Gasteiger partial charge in [-0.25, -0.2) is 0 Å². The van der Waals surface area contributed by atoms with Gasteiger partial charge in [0.05, 0.1) is 0 Å². The molecular weight excluding hydrogens is 276 g/mol. The van der Waals surface area contributed by atoms with Crippen LogP contribution < -0.4 is 0 Å². The summed E-state index contributed by atoms with van der Waals surface area (Å²) < 4.78 is 0. The summed E-state index contributed by atoms with van der Waals surface area (Å²) >= 11 is 0. The second kappa shape index (κ2) is 6.35. The van der Waals surface area contributed by atoms with Crippen LogP contribution in [0.2, 0.25) is 0 Å². The molecule has 0 saturated heterocycles. The van der Waals surface area contributed by atoms with Crippen molar-refractivity contribution >= 4 is 6.08 Å². The maximum Gasteiger partial charge on any atom is -0.00548 e. The van der Waals surface area contributed by atoms with Crippen LogP contribution in [0.25, 0.3) is 17.2 Å². The number of benzene rings is 2. The Bertz CT molecular complexity index is 712. The molecule has 2 aliphatic rings. The van der Waals surface area contributed by atoms with Gasteiger partial charge in [-0.1, -0.05) is 80.3 Å². The monoisotopic (exact) mass is 302 g/mol. The number of hydrogen-bond acceptors (Lipinski definition) is 0. The van der Waals surface area contributed by atoms with Gasteiger partial charge in [0.25, 0.3) is 0 Å². The van der Waals surface area contributed by atoms with Gasteiger partial charge >= 0.3 is 0 Å². The molecule has 2 aliphatic carbocycles. The Morgan fingerprint density at radius 1 is 0.957 bits per heavy atom. The number of allylic oxidation sites excluding steroid dienone is 1. The van der Waals surface area contributed by atoms with E-state index in [1.807, 2.05) is 0 Å². The van der Waals surface area contributed by atoms with Crippen LogP contribution >= 0.6 is 0 Å². The molecule has 0 heterocycles. The van der Waals surface area contributed by atoms with Gasteiger partial charge in [0.1, 0.15) is 0 Å². The Kier molecular flexibility index (Phi) is 4.08. The molecule has 1 fully saturated rings. The van der Waals surface area contributed by atoms with Gasteiger partial charge < -0.3 is 0 Å². The molecule has 0 aliphatic heterocycles. The molecule has 0 nitrogen and oxygen atoms in total. The van der Waals surface area contributed by atoms with E-state index in [-0.39, 0.29) is 0 Å². The fourth-order valence-electron chi connectivity index (χ4n) is 4.34. The van der Waals surface area contributed by atoms with Crippen LogP contribution in [0.5, 0.6) is 0 Å². The van der Waals surface area contributed by atoms with Gasteiger partial charge in [0, 0.05) is 0 Å². The fourth-order valence-corrected chi connectivity index (χ4v) is 4.34. The first-order chi connectivity index (χ1) is 11.3. The molecule has 0 N–H and O–H groups in total. The second-order valence-corrected chi connectivity index (χ2v) is 7.20. The SMILES string of the molecule is CCCc1ccc(-c2cccc3c2C=C(C2CCCC2)C3)cc1. The molecule has 0 atom stereocenters. The normalized spacial score (nSPS) is 17.3. The molecular formula is C23H26. The summed E-state index contributed by atoms with van der Waals surface area (Å²) in [6.07, 6.45) is 11.7. The van der Waals surface area contributed by atoms with E-state index in [2.05, 4.69) is 55.5 Å².